The van der Waals surface area contributed by atoms with E-state index < -0.39 is 5.82 Å². The van der Waals surface area contributed by atoms with Crippen molar-refractivity contribution >= 4 is 28.5 Å². The van der Waals surface area contributed by atoms with Crippen molar-refractivity contribution in [2.24, 2.45) is 5.92 Å². The molecule has 0 saturated carbocycles. The molecule has 166 valence electrons. The van der Waals surface area contributed by atoms with Crippen LogP contribution in [0.3, 0.4) is 0 Å². The third-order valence-electron chi connectivity index (χ3n) is 5.58. The summed E-state index contributed by atoms with van der Waals surface area (Å²) in [7, 11) is 3.29. The number of aromatic nitrogens is 4. The molecule has 0 radical (unpaired) electrons. The number of aromatic amines is 1. The average molecular weight is 449 g/mol. The number of fused-ring (bicyclic) bond motifs is 1. The number of pyridine rings is 1. The van der Waals surface area contributed by atoms with Gasteiger partial charge in [0.2, 0.25) is 0 Å². The van der Waals surface area contributed by atoms with E-state index in [9.17, 15) is 4.39 Å². The van der Waals surface area contributed by atoms with Crippen LogP contribution in [0.5, 0.6) is 0 Å². The summed E-state index contributed by atoms with van der Waals surface area (Å²) >= 11 is 6.08. The molecule has 1 saturated heterocycles. The summed E-state index contributed by atoms with van der Waals surface area (Å²) < 4.78 is 25.0. The van der Waals surface area contributed by atoms with E-state index in [2.05, 4.69) is 30.2 Å². The van der Waals surface area contributed by atoms with Gasteiger partial charge in [0.15, 0.2) is 23.7 Å². The highest BCUT2D eigenvalue weighted by Gasteiger charge is 2.23. The fourth-order valence-electron chi connectivity index (χ4n) is 3.96. The lowest BCUT2D eigenvalue weighted by atomic mass is 9.98. The average Bonchev–Trinajstić information content (AvgIpc) is 3.20. The predicted octanol–water partition coefficient (Wildman–Crippen LogP) is 3.56. The van der Waals surface area contributed by atoms with Crippen molar-refractivity contribution in [2.75, 3.05) is 45.7 Å². The Kier molecular flexibility index (Phi) is 6.96. The zero-order valence-electron chi connectivity index (χ0n) is 17.6. The first-order chi connectivity index (χ1) is 15.1. The third-order valence-corrected chi connectivity index (χ3v) is 5.78. The Morgan fingerprint density at radius 2 is 2.16 bits per heavy atom. The summed E-state index contributed by atoms with van der Waals surface area (Å²) in [6.45, 7) is 3.23. The number of H-pyrrole nitrogens is 1. The highest BCUT2D eigenvalue weighted by molar-refractivity contribution is 6.31. The fourth-order valence-corrected chi connectivity index (χ4v) is 4.12. The van der Waals surface area contributed by atoms with Gasteiger partial charge < -0.3 is 19.8 Å². The van der Waals surface area contributed by atoms with Crippen molar-refractivity contribution in [1.82, 2.24) is 24.8 Å². The van der Waals surface area contributed by atoms with E-state index >= 15 is 0 Å². The van der Waals surface area contributed by atoms with Gasteiger partial charge in [-0.2, -0.15) is 0 Å². The van der Waals surface area contributed by atoms with E-state index in [0.717, 1.165) is 36.9 Å². The van der Waals surface area contributed by atoms with Crippen molar-refractivity contribution in [3.8, 4) is 11.4 Å². The molecule has 2 N–H and O–H groups in total. The number of ether oxygens (including phenoxy) is 2. The highest BCUT2D eigenvalue weighted by Crippen LogP contribution is 2.28. The molecule has 0 spiro atoms. The van der Waals surface area contributed by atoms with Crippen LogP contribution < -0.4 is 5.32 Å². The topological polar surface area (TPSA) is 88.2 Å². The molecule has 1 fully saturated rings. The van der Waals surface area contributed by atoms with Crippen LogP contribution >= 0.6 is 11.6 Å². The van der Waals surface area contributed by atoms with Crippen LogP contribution in [0.15, 0.2) is 24.7 Å². The van der Waals surface area contributed by atoms with E-state index in [4.69, 9.17) is 21.1 Å². The molecule has 1 aliphatic rings. The lowest BCUT2D eigenvalue weighted by Crippen LogP contribution is -2.42. The number of methoxy groups -OCH3 is 2. The Labute approximate surface area is 185 Å². The molecule has 10 heteroatoms. The largest absolute Gasteiger partial charge is 0.367 e. The number of hydrogen-bond acceptors (Lipinski definition) is 7. The molecule has 3 aromatic heterocycles. The van der Waals surface area contributed by atoms with Gasteiger partial charge in [-0.3, -0.25) is 4.90 Å². The first kappa shape index (κ1) is 21.9. The molecule has 1 atom stereocenters. The first-order valence-electron chi connectivity index (χ1n) is 10.2. The van der Waals surface area contributed by atoms with Crippen LogP contribution in [0.25, 0.3) is 22.4 Å². The number of nitrogens with zero attached hydrogens (tertiary/aromatic N) is 4. The summed E-state index contributed by atoms with van der Waals surface area (Å²) in [5.74, 6) is 0.494. The van der Waals surface area contributed by atoms with E-state index in [1.165, 1.54) is 6.20 Å². The molecule has 8 nitrogen and oxygen atoms in total. The molecule has 0 aromatic carbocycles. The van der Waals surface area contributed by atoms with Crippen LogP contribution in [0.2, 0.25) is 5.02 Å². The van der Waals surface area contributed by atoms with Gasteiger partial charge in [-0.1, -0.05) is 11.6 Å². The normalized spacial score (nSPS) is 17.5. The van der Waals surface area contributed by atoms with Gasteiger partial charge in [0, 0.05) is 57.2 Å². The molecule has 0 amide bonds. The van der Waals surface area contributed by atoms with Gasteiger partial charge in [-0.05, 0) is 31.4 Å². The molecule has 4 rings (SSSR count). The van der Waals surface area contributed by atoms with E-state index in [1.807, 2.05) is 0 Å². The summed E-state index contributed by atoms with van der Waals surface area (Å²) in [4.78, 5) is 18.2. The van der Waals surface area contributed by atoms with Gasteiger partial charge in [-0.25, -0.2) is 19.3 Å². The second kappa shape index (κ2) is 9.86. The van der Waals surface area contributed by atoms with Crippen molar-refractivity contribution < 1.29 is 13.9 Å². The number of piperidine rings is 1. The molecule has 3 aromatic rings. The minimum Gasteiger partial charge on any atom is -0.367 e. The maximum absolute atomic E-state index is 14.4. The predicted molar refractivity (Wildman–Crippen MR) is 118 cm³/mol. The Balaban J connectivity index is 1.45. The maximum Gasteiger partial charge on any atom is 0.183 e. The van der Waals surface area contributed by atoms with Gasteiger partial charge in [0.1, 0.15) is 5.65 Å². The van der Waals surface area contributed by atoms with Gasteiger partial charge in [-0.15, -0.1) is 0 Å². The number of nitrogens with one attached hydrogen (secondary N) is 2. The van der Waals surface area contributed by atoms with Crippen LogP contribution in [0.1, 0.15) is 12.8 Å². The standard InChI is InChI=1S/C21H26ClFN6O2/c1-30-18(31-2)12-29-5-3-4-13(11-29)7-24-21-17(23)10-27-20(28-21)16-9-26-19-15(16)6-14(22)8-25-19/h6,8-10,13,18H,3-5,7,11-12H2,1-2H3,(H,25,26)(H,24,27,28). The number of hydrogen-bond donors (Lipinski definition) is 2. The molecular formula is C21H26ClFN6O2. The van der Waals surface area contributed by atoms with Crippen molar-refractivity contribution in [3.05, 3.63) is 35.5 Å². The second-order valence-corrected chi connectivity index (χ2v) is 8.13. The Morgan fingerprint density at radius 3 is 2.97 bits per heavy atom. The first-order valence-corrected chi connectivity index (χ1v) is 10.6. The SMILES string of the molecule is COC(CN1CCCC(CNc2nc(-c3c[nH]c4ncc(Cl)cc34)ncc2F)C1)OC. The quantitative estimate of drug-likeness (QED) is 0.509. The monoisotopic (exact) mass is 448 g/mol. The number of likely N-dealkylation sites (tertiary alicyclic amines) is 1. The molecule has 0 bridgehead atoms. The zero-order chi connectivity index (χ0) is 21.8. The zero-order valence-corrected chi connectivity index (χ0v) is 18.3. The number of anilines is 1. The Bertz CT molecular complexity index is 1030. The molecule has 1 unspecified atom stereocenters. The summed E-state index contributed by atoms with van der Waals surface area (Å²) in [6.07, 6.45) is 6.42. The van der Waals surface area contributed by atoms with Gasteiger partial charge in [0.25, 0.3) is 0 Å². The number of rotatable bonds is 8. The summed E-state index contributed by atoms with van der Waals surface area (Å²) in [5.41, 5.74) is 1.40. The number of halogens is 2. The second-order valence-electron chi connectivity index (χ2n) is 7.69. The smallest absolute Gasteiger partial charge is 0.183 e. The van der Waals surface area contributed by atoms with Gasteiger partial charge >= 0.3 is 0 Å². The van der Waals surface area contributed by atoms with Crippen LogP contribution in [0.4, 0.5) is 10.2 Å². The Morgan fingerprint density at radius 1 is 1.32 bits per heavy atom. The highest BCUT2D eigenvalue weighted by atomic mass is 35.5. The minimum atomic E-state index is -0.480. The van der Waals surface area contributed by atoms with Crippen LogP contribution in [0, 0.1) is 11.7 Å². The van der Waals surface area contributed by atoms with Crippen molar-refractivity contribution in [2.45, 2.75) is 19.1 Å². The van der Waals surface area contributed by atoms with Crippen molar-refractivity contribution in [3.63, 3.8) is 0 Å². The Hall–Kier alpha value is -2.33. The van der Waals surface area contributed by atoms with E-state index in [1.54, 1.807) is 32.7 Å². The molecule has 1 aliphatic heterocycles. The summed E-state index contributed by atoms with van der Waals surface area (Å²) in [6, 6.07) is 1.79. The summed E-state index contributed by atoms with van der Waals surface area (Å²) in [5, 5.41) is 4.48. The van der Waals surface area contributed by atoms with Crippen LogP contribution in [-0.2, 0) is 9.47 Å². The van der Waals surface area contributed by atoms with Gasteiger partial charge in [0.05, 0.1) is 11.2 Å². The molecule has 4 heterocycles. The van der Waals surface area contributed by atoms with Crippen LogP contribution in [-0.4, -0.2) is 71.5 Å². The molecular weight excluding hydrogens is 423 g/mol. The lowest BCUT2D eigenvalue weighted by molar-refractivity contribution is -0.119. The van der Waals surface area contributed by atoms with Crippen molar-refractivity contribution in [1.29, 1.82) is 0 Å². The molecule has 0 aliphatic carbocycles. The van der Waals surface area contributed by atoms with E-state index in [0.29, 0.717) is 35.5 Å². The minimum absolute atomic E-state index is 0.193. The van der Waals surface area contributed by atoms with E-state index in [-0.39, 0.29) is 12.1 Å². The lowest BCUT2D eigenvalue weighted by Gasteiger charge is -2.34. The fraction of sp³-hybridized carbons (Fsp3) is 0.476. The maximum atomic E-state index is 14.4. The third kappa shape index (κ3) is 5.12. The molecule has 31 heavy (non-hydrogen) atoms.